The summed E-state index contributed by atoms with van der Waals surface area (Å²) < 4.78 is 16.1. The summed E-state index contributed by atoms with van der Waals surface area (Å²) in [4.78, 5) is 41.9. The highest BCUT2D eigenvalue weighted by molar-refractivity contribution is 6.07. The molecule has 186 valence electrons. The number of methoxy groups -OCH3 is 3. The van der Waals surface area contributed by atoms with Gasteiger partial charge in [-0.25, -0.2) is 4.79 Å². The van der Waals surface area contributed by atoms with Crippen LogP contribution in [0.15, 0.2) is 24.3 Å². The molecule has 2 fully saturated rings. The first kappa shape index (κ1) is 25.4. The Morgan fingerprint density at radius 2 is 1.71 bits per heavy atom. The second-order valence-electron chi connectivity index (χ2n) is 8.97. The highest BCUT2D eigenvalue weighted by Gasteiger charge is 2.54. The number of carbonyl (C=O) groups excluding carboxylic acids is 3. The first-order valence-electron chi connectivity index (χ1n) is 11.6. The number of likely N-dealkylation sites (tertiary alicyclic amines) is 1. The fourth-order valence-corrected chi connectivity index (χ4v) is 5.01. The number of nitrogens with one attached hydrogen (secondary N) is 1. The lowest BCUT2D eigenvalue weighted by molar-refractivity contribution is -0.135. The molecule has 1 N–H and O–H groups in total. The largest absolute Gasteiger partial charge is 0.493 e. The SMILES string of the molecule is C=C(C)CN1C(=O)N[C@@](CC)(C2CCN(C(=O)Cc3cc(OC)c(OC)c(OC)c3)CC2)C1=O. The average molecular weight is 474 g/mol. The third-order valence-corrected chi connectivity index (χ3v) is 6.81. The number of amides is 4. The van der Waals surface area contributed by atoms with Crippen molar-refractivity contribution < 1.29 is 28.6 Å². The number of ether oxygens (including phenoxy) is 3. The Morgan fingerprint density at radius 3 is 2.18 bits per heavy atom. The lowest BCUT2D eigenvalue weighted by Gasteiger charge is -2.40. The highest BCUT2D eigenvalue weighted by Crippen LogP contribution is 2.39. The monoisotopic (exact) mass is 473 g/mol. The maximum absolute atomic E-state index is 13.2. The number of hydrogen-bond acceptors (Lipinski definition) is 6. The van der Waals surface area contributed by atoms with Gasteiger partial charge in [0.05, 0.1) is 34.3 Å². The van der Waals surface area contributed by atoms with Crippen LogP contribution in [0.1, 0.15) is 38.7 Å². The minimum absolute atomic E-state index is 0.0102. The van der Waals surface area contributed by atoms with Crippen LogP contribution in [-0.4, -0.2) is 74.1 Å². The Labute approximate surface area is 201 Å². The van der Waals surface area contributed by atoms with Gasteiger partial charge >= 0.3 is 6.03 Å². The molecule has 1 atom stereocenters. The van der Waals surface area contributed by atoms with E-state index in [0.29, 0.717) is 49.6 Å². The number of rotatable bonds is 9. The molecule has 34 heavy (non-hydrogen) atoms. The minimum Gasteiger partial charge on any atom is -0.493 e. The van der Waals surface area contributed by atoms with Gasteiger partial charge in [-0.15, -0.1) is 0 Å². The van der Waals surface area contributed by atoms with Gasteiger partial charge in [0.1, 0.15) is 5.54 Å². The smallest absolute Gasteiger partial charge is 0.325 e. The summed E-state index contributed by atoms with van der Waals surface area (Å²) in [5, 5.41) is 2.97. The molecule has 0 bridgehead atoms. The molecule has 2 aliphatic heterocycles. The number of piperidine rings is 1. The third kappa shape index (κ3) is 4.69. The summed E-state index contributed by atoms with van der Waals surface area (Å²) in [5.74, 6) is 1.26. The first-order chi connectivity index (χ1) is 16.2. The van der Waals surface area contributed by atoms with Crippen LogP contribution in [0.2, 0.25) is 0 Å². The van der Waals surface area contributed by atoms with Crippen molar-refractivity contribution in [3.63, 3.8) is 0 Å². The maximum Gasteiger partial charge on any atom is 0.325 e. The standard InChI is InChI=1S/C25H35N3O6/c1-7-25(23(30)28(15-16(2)3)24(31)26-25)18-8-10-27(11-9-18)21(29)14-17-12-19(32-4)22(34-6)20(13-17)33-5/h12-13,18H,2,7-11,14-15H2,1,3-6H3,(H,26,31)/t25-/m0/s1. The summed E-state index contributed by atoms with van der Waals surface area (Å²) in [6.07, 6.45) is 1.99. The van der Waals surface area contributed by atoms with Crippen LogP contribution in [0.3, 0.4) is 0 Å². The van der Waals surface area contributed by atoms with E-state index >= 15 is 0 Å². The fraction of sp³-hybridized carbons (Fsp3) is 0.560. The molecule has 3 rings (SSSR count). The van der Waals surface area contributed by atoms with Crippen LogP contribution in [0.5, 0.6) is 17.2 Å². The lowest BCUT2D eigenvalue weighted by Crippen LogP contribution is -2.56. The van der Waals surface area contributed by atoms with Crippen molar-refractivity contribution in [3.05, 3.63) is 29.8 Å². The summed E-state index contributed by atoms with van der Waals surface area (Å²) in [5.41, 5.74) is 0.598. The van der Waals surface area contributed by atoms with Gasteiger partial charge in [0.15, 0.2) is 11.5 Å². The Kier molecular flexibility index (Phi) is 7.74. The molecule has 0 aromatic heterocycles. The Balaban J connectivity index is 1.68. The van der Waals surface area contributed by atoms with E-state index in [-0.39, 0.29) is 36.7 Å². The summed E-state index contributed by atoms with van der Waals surface area (Å²) in [7, 11) is 4.61. The molecule has 2 saturated heterocycles. The van der Waals surface area contributed by atoms with Crippen molar-refractivity contribution in [3.8, 4) is 17.2 Å². The average Bonchev–Trinajstić information content (AvgIpc) is 3.08. The van der Waals surface area contributed by atoms with Gasteiger partial charge in [-0.3, -0.25) is 14.5 Å². The molecule has 1 aromatic carbocycles. The molecule has 0 aliphatic carbocycles. The molecule has 1 aromatic rings. The van der Waals surface area contributed by atoms with Crippen LogP contribution >= 0.6 is 0 Å². The molecule has 0 spiro atoms. The van der Waals surface area contributed by atoms with Gasteiger partial charge in [-0.2, -0.15) is 0 Å². The number of imide groups is 1. The Bertz CT molecular complexity index is 944. The van der Waals surface area contributed by atoms with Crippen LogP contribution in [-0.2, 0) is 16.0 Å². The Hall–Kier alpha value is -3.23. The van der Waals surface area contributed by atoms with Gasteiger partial charge in [-0.05, 0) is 49.8 Å². The van der Waals surface area contributed by atoms with Crippen LogP contribution < -0.4 is 19.5 Å². The lowest BCUT2D eigenvalue weighted by atomic mass is 9.75. The molecular weight excluding hydrogens is 438 g/mol. The zero-order valence-corrected chi connectivity index (χ0v) is 20.7. The second kappa shape index (κ2) is 10.4. The molecule has 9 heteroatoms. The van der Waals surface area contributed by atoms with E-state index in [2.05, 4.69) is 11.9 Å². The Morgan fingerprint density at radius 1 is 1.12 bits per heavy atom. The summed E-state index contributed by atoms with van der Waals surface area (Å²) >= 11 is 0. The van der Waals surface area contributed by atoms with Crippen molar-refractivity contribution in [1.82, 2.24) is 15.1 Å². The number of carbonyl (C=O) groups is 3. The predicted octanol–water partition coefficient (Wildman–Crippen LogP) is 2.77. The minimum atomic E-state index is -0.918. The molecule has 0 saturated carbocycles. The maximum atomic E-state index is 13.2. The van der Waals surface area contributed by atoms with Crippen molar-refractivity contribution in [2.75, 3.05) is 41.0 Å². The van der Waals surface area contributed by atoms with E-state index in [9.17, 15) is 14.4 Å². The van der Waals surface area contributed by atoms with Crippen molar-refractivity contribution >= 4 is 17.8 Å². The van der Waals surface area contributed by atoms with Crippen molar-refractivity contribution in [1.29, 1.82) is 0 Å². The topological polar surface area (TPSA) is 97.4 Å². The number of urea groups is 1. The van der Waals surface area contributed by atoms with Gasteiger partial charge in [0.2, 0.25) is 11.7 Å². The zero-order valence-electron chi connectivity index (χ0n) is 20.7. The van der Waals surface area contributed by atoms with Gasteiger partial charge in [-0.1, -0.05) is 19.1 Å². The van der Waals surface area contributed by atoms with Crippen LogP contribution in [0, 0.1) is 5.92 Å². The molecule has 0 radical (unpaired) electrons. The molecule has 2 aliphatic rings. The summed E-state index contributed by atoms with van der Waals surface area (Å²) in [6, 6.07) is 3.19. The third-order valence-electron chi connectivity index (χ3n) is 6.81. The van der Waals surface area contributed by atoms with Crippen molar-refractivity contribution in [2.45, 2.75) is 45.1 Å². The molecule has 0 unspecified atom stereocenters. The zero-order chi connectivity index (χ0) is 25.0. The normalized spacial score (nSPS) is 20.9. The number of hydrogen-bond donors (Lipinski definition) is 1. The van der Waals surface area contributed by atoms with Crippen molar-refractivity contribution in [2.24, 2.45) is 5.92 Å². The predicted molar refractivity (Wildman–Crippen MR) is 127 cm³/mol. The van der Waals surface area contributed by atoms with E-state index in [1.807, 2.05) is 11.8 Å². The van der Waals surface area contributed by atoms with E-state index in [1.165, 1.54) is 26.2 Å². The first-order valence-corrected chi connectivity index (χ1v) is 11.6. The summed E-state index contributed by atoms with van der Waals surface area (Å²) in [6.45, 7) is 8.82. The second-order valence-corrected chi connectivity index (χ2v) is 8.97. The number of nitrogens with zero attached hydrogens (tertiary/aromatic N) is 2. The highest BCUT2D eigenvalue weighted by atomic mass is 16.5. The van der Waals surface area contributed by atoms with E-state index in [0.717, 1.165) is 11.1 Å². The van der Waals surface area contributed by atoms with E-state index in [4.69, 9.17) is 14.2 Å². The molecule has 4 amide bonds. The molecular formula is C25H35N3O6. The van der Waals surface area contributed by atoms with Gasteiger partial charge < -0.3 is 24.4 Å². The molecule has 2 heterocycles. The van der Waals surface area contributed by atoms with Crippen LogP contribution in [0.4, 0.5) is 4.79 Å². The fourth-order valence-electron chi connectivity index (χ4n) is 5.01. The van der Waals surface area contributed by atoms with Crippen LogP contribution in [0.25, 0.3) is 0 Å². The van der Waals surface area contributed by atoms with E-state index in [1.54, 1.807) is 19.1 Å². The van der Waals surface area contributed by atoms with E-state index < -0.39 is 5.54 Å². The van der Waals surface area contributed by atoms with Gasteiger partial charge in [0.25, 0.3) is 5.91 Å². The number of benzene rings is 1. The quantitative estimate of drug-likeness (QED) is 0.438. The van der Waals surface area contributed by atoms with Gasteiger partial charge in [0, 0.05) is 13.1 Å². The molecule has 9 nitrogen and oxygen atoms in total.